The molecule has 0 fully saturated rings. The zero-order valence-electron chi connectivity index (χ0n) is 10.2. The van der Waals surface area contributed by atoms with E-state index in [0.29, 0.717) is 12.5 Å². The van der Waals surface area contributed by atoms with Gasteiger partial charge in [0.05, 0.1) is 0 Å². The highest BCUT2D eigenvalue weighted by Crippen LogP contribution is 2.30. The molecule has 0 radical (unpaired) electrons. The molecule has 0 unspecified atom stereocenters. The molecule has 0 aromatic heterocycles. The first-order valence-corrected chi connectivity index (χ1v) is 5.86. The molecule has 0 bridgehead atoms. The van der Waals surface area contributed by atoms with E-state index in [-0.39, 0.29) is 0 Å². The van der Waals surface area contributed by atoms with Crippen LogP contribution in [-0.4, -0.2) is 0 Å². The molecule has 84 valence electrons. The van der Waals surface area contributed by atoms with Crippen LogP contribution in [0.2, 0.25) is 0 Å². The van der Waals surface area contributed by atoms with Crippen LogP contribution < -0.4 is 5.73 Å². The van der Waals surface area contributed by atoms with Crippen LogP contribution >= 0.6 is 0 Å². The highest BCUT2D eigenvalue weighted by atomic mass is 14.5. The third kappa shape index (κ3) is 1.72. The van der Waals surface area contributed by atoms with Gasteiger partial charge in [-0.15, -0.1) is 0 Å². The molecule has 0 aliphatic heterocycles. The van der Waals surface area contributed by atoms with Gasteiger partial charge in [-0.1, -0.05) is 44.2 Å². The summed E-state index contributed by atoms with van der Waals surface area (Å²) in [5.41, 5.74) is 9.83. The van der Waals surface area contributed by atoms with E-state index in [9.17, 15) is 0 Å². The fourth-order valence-corrected chi connectivity index (χ4v) is 2.44. The lowest BCUT2D eigenvalue weighted by Gasteiger charge is -2.16. The van der Waals surface area contributed by atoms with Gasteiger partial charge >= 0.3 is 0 Å². The minimum absolute atomic E-state index is 0.518. The summed E-state index contributed by atoms with van der Waals surface area (Å²) in [6.07, 6.45) is 0. The van der Waals surface area contributed by atoms with Crippen LogP contribution in [0.1, 0.15) is 36.5 Å². The van der Waals surface area contributed by atoms with Crippen molar-refractivity contribution in [1.29, 1.82) is 0 Å². The van der Waals surface area contributed by atoms with Gasteiger partial charge in [0.2, 0.25) is 0 Å². The van der Waals surface area contributed by atoms with Crippen LogP contribution in [-0.2, 0) is 6.54 Å². The van der Waals surface area contributed by atoms with Crippen molar-refractivity contribution in [2.75, 3.05) is 0 Å². The Morgan fingerprint density at radius 2 is 1.81 bits per heavy atom. The molecule has 0 amide bonds. The van der Waals surface area contributed by atoms with Crippen molar-refractivity contribution in [3.05, 3.63) is 47.0 Å². The molecule has 2 aromatic carbocycles. The maximum atomic E-state index is 5.82. The maximum absolute atomic E-state index is 5.82. The van der Waals surface area contributed by atoms with Crippen LogP contribution in [0, 0.1) is 6.92 Å². The number of benzene rings is 2. The molecule has 1 heteroatoms. The van der Waals surface area contributed by atoms with Crippen LogP contribution in [0.15, 0.2) is 30.3 Å². The van der Waals surface area contributed by atoms with Gasteiger partial charge in [0.25, 0.3) is 0 Å². The van der Waals surface area contributed by atoms with Crippen LogP contribution in [0.3, 0.4) is 0 Å². The first-order valence-electron chi connectivity index (χ1n) is 5.86. The zero-order valence-corrected chi connectivity index (χ0v) is 10.2. The van der Waals surface area contributed by atoms with Crippen LogP contribution in [0.4, 0.5) is 0 Å². The smallest absolute Gasteiger partial charge is 0.0181 e. The molecule has 0 saturated carbocycles. The van der Waals surface area contributed by atoms with E-state index in [1.54, 1.807) is 0 Å². The Morgan fingerprint density at radius 1 is 1.06 bits per heavy atom. The van der Waals surface area contributed by atoms with Crippen molar-refractivity contribution < 1.29 is 0 Å². The Morgan fingerprint density at radius 3 is 2.44 bits per heavy atom. The second kappa shape index (κ2) is 4.26. The molecular weight excluding hydrogens is 194 g/mol. The Balaban J connectivity index is 2.84. The van der Waals surface area contributed by atoms with Gasteiger partial charge < -0.3 is 5.73 Å². The van der Waals surface area contributed by atoms with Gasteiger partial charge in [-0.25, -0.2) is 0 Å². The lowest BCUT2D eigenvalue weighted by molar-refractivity contribution is 0.849. The molecule has 16 heavy (non-hydrogen) atoms. The molecular formula is C15H19N. The summed E-state index contributed by atoms with van der Waals surface area (Å²) >= 11 is 0. The monoisotopic (exact) mass is 213 g/mol. The second-order valence-corrected chi connectivity index (χ2v) is 4.67. The van der Waals surface area contributed by atoms with Crippen molar-refractivity contribution in [2.24, 2.45) is 5.73 Å². The standard InChI is InChI=1S/C15H19N/c1-10(2)15-12(9-16)7-8-13-11(3)5-4-6-14(13)15/h4-8,10H,9,16H2,1-3H3. The highest BCUT2D eigenvalue weighted by Gasteiger charge is 2.10. The maximum Gasteiger partial charge on any atom is 0.0181 e. The molecule has 1 nitrogen and oxygen atoms in total. The Bertz CT molecular complexity index is 512. The Hall–Kier alpha value is -1.34. The molecule has 2 rings (SSSR count). The Labute approximate surface area is 97.3 Å². The van der Waals surface area contributed by atoms with E-state index in [4.69, 9.17) is 5.73 Å². The third-order valence-corrected chi connectivity index (χ3v) is 3.21. The number of aryl methyl sites for hydroxylation is 1. The minimum Gasteiger partial charge on any atom is -0.326 e. The lowest BCUT2D eigenvalue weighted by Crippen LogP contribution is -2.04. The number of hydrogen-bond donors (Lipinski definition) is 1. The number of nitrogens with two attached hydrogens (primary N) is 1. The van der Waals surface area contributed by atoms with E-state index in [0.717, 1.165) is 0 Å². The molecule has 0 aliphatic carbocycles. The summed E-state index contributed by atoms with van der Waals surface area (Å²) in [5.74, 6) is 0.518. The van der Waals surface area contributed by atoms with Gasteiger partial charge in [0, 0.05) is 6.54 Å². The molecule has 0 spiro atoms. The topological polar surface area (TPSA) is 26.0 Å². The van der Waals surface area contributed by atoms with Gasteiger partial charge in [0.1, 0.15) is 0 Å². The van der Waals surface area contributed by atoms with Gasteiger partial charge in [-0.3, -0.25) is 0 Å². The van der Waals surface area contributed by atoms with E-state index < -0.39 is 0 Å². The highest BCUT2D eigenvalue weighted by molar-refractivity contribution is 5.89. The number of rotatable bonds is 2. The first-order chi connectivity index (χ1) is 7.65. The quantitative estimate of drug-likeness (QED) is 0.808. The van der Waals surface area contributed by atoms with Crippen molar-refractivity contribution in [3.8, 4) is 0 Å². The van der Waals surface area contributed by atoms with Crippen LogP contribution in [0.5, 0.6) is 0 Å². The molecule has 0 saturated heterocycles. The fourth-order valence-electron chi connectivity index (χ4n) is 2.44. The lowest BCUT2D eigenvalue weighted by atomic mass is 9.90. The molecule has 2 N–H and O–H groups in total. The zero-order chi connectivity index (χ0) is 11.7. The van der Waals surface area contributed by atoms with Crippen molar-refractivity contribution in [1.82, 2.24) is 0 Å². The van der Waals surface area contributed by atoms with E-state index in [2.05, 4.69) is 51.1 Å². The average Bonchev–Trinajstić information content (AvgIpc) is 2.27. The van der Waals surface area contributed by atoms with Crippen LogP contribution in [0.25, 0.3) is 10.8 Å². The SMILES string of the molecule is Cc1cccc2c(C(C)C)c(CN)ccc12. The predicted molar refractivity (Wildman–Crippen MR) is 70.7 cm³/mol. The largest absolute Gasteiger partial charge is 0.326 e. The minimum atomic E-state index is 0.518. The summed E-state index contributed by atoms with van der Waals surface area (Å²) < 4.78 is 0. The average molecular weight is 213 g/mol. The summed E-state index contributed by atoms with van der Waals surface area (Å²) in [4.78, 5) is 0. The predicted octanol–water partition coefficient (Wildman–Crippen LogP) is 3.73. The summed E-state index contributed by atoms with van der Waals surface area (Å²) in [6, 6.07) is 10.9. The van der Waals surface area contributed by atoms with Crippen molar-refractivity contribution in [3.63, 3.8) is 0 Å². The molecule has 0 aliphatic rings. The van der Waals surface area contributed by atoms with E-state index >= 15 is 0 Å². The van der Waals surface area contributed by atoms with Crippen molar-refractivity contribution >= 4 is 10.8 Å². The third-order valence-electron chi connectivity index (χ3n) is 3.21. The fraction of sp³-hybridized carbons (Fsp3) is 0.333. The second-order valence-electron chi connectivity index (χ2n) is 4.67. The van der Waals surface area contributed by atoms with Gasteiger partial charge in [0.15, 0.2) is 0 Å². The summed E-state index contributed by atoms with van der Waals surface area (Å²) in [7, 11) is 0. The summed E-state index contributed by atoms with van der Waals surface area (Å²) in [6.45, 7) is 7.25. The van der Waals surface area contributed by atoms with Crippen molar-refractivity contribution in [2.45, 2.75) is 33.2 Å². The molecule has 0 atom stereocenters. The Kier molecular flexibility index (Phi) is 2.97. The van der Waals surface area contributed by atoms with Gasteiger partial charge in [-0.05, 0) is 40.3 Å². The first kappa shape index (κ1) is 11.2. The summed E-state index contributed by atoms with van der Waals surface area (Å²) in [5, 5.41) is 2.71. The molecule has 2 aromatic rings. The molecule has 0 heterocycles. The number of fused-ring (bicyclic) bond motifs is 1. The van der Waals surface area contributed by atoms with E-state index in [1.165, 1.54) is 27.5 Å². The normalized spacial score (nSPS) is 11.3. The van der Waals surface area contributed by atoms with E-state index in [1.807, 2.05) is 0 Å². The van der Waals surface area contributed by atoms with Gasteiger partial charge in [-0.2, -0.15) is 0 Å². The number of hydrogen-bond acceptors (Lipinski definition) is 1.